The summed E-state index contributed by atoms with van der Waals surface area (Å²) in [6.45, 7) is 4.16. The highest BCUT2D eigenvalue weighted by Gasteiger charge is 2.31. The van der Waals surface area contributed by atoms with Gasteiger partial charge in [0.15, 0.2) is 5.96 Å². The number of hydrogen-bond donors (Lipinski definition) is 3. The van der Waals surface area contributed by atoms with E-state index in [0.717, 1.165) is 11.4 Å². The summed E-state index contributed by atoms with van der Waals surface area (Å²) in [4.78, 5) is 24.6. The van der Waals surface area contributed by atoms with Gasteiger partial charge in [-0.1, -0.05) is 11.4 Å². The van der Waals surface area contributed by atoms with E-state index in [0.29, 0.717) is 12.3 Å². The van der Waals surface area contributed by atoms with Crippen molar-refractivity contribution in [2.75, 3.05) is 25.4 Å². The summed E-state index contributed by atoms with van der Waals surface area (Å²) in [6, 6.07) is -0.773. The number of carbonyl (C=O) groups is 2. The summed E-state index contributed by atoms with van der Waals surface area (Å²) in [5.41, 5.74) is 0. The zero-order chi connectivity index (χ0) is 18.3. The Kier molecular flexibility index (Phi) is 8.21. The molecule has 1 amide bonds. The third-order valence-corrected chi connectivity index (χ3v) is 7.09. The number of carbonyl (C=O) groups excluding carboxylic acids is 2. The van der Waals surface area contributed by atoms with Gasteiger partial charge in [0.1, 0.15) is 12.6 Å². The zero-order valence-corrected chi connectivity index (χ0v) is 16.0. The van der Waals surface area contributed by atoms with Crippen LogP contribution in [-0.2, 0) is 23.4 Å². The van der Waals surface area contributed by atoms with E-state index in [2.05, 4.69) is 10.4 Å². The number of ether oxygens (including phenoxy) is 1. The van der Waals surface area contributed by atoms with Gasteiger partial charge in [0, 0.05) is 12.3 Å². The fraction of sp³-hybridized carbons (Fsp3) is 0.769. The van der Waals surface area contributed by atoms with E-state index in [1.807, 2.05) is 0 Å². The van der Waals surface area contributed by atoms with Gasteiger partial charge >= 0.3 is 12.7 Å². The van der Waals surface area contributed by atoms with Crippen molar-refractivity contribution in [2.24, 2.45) is 0 Å². The van der Waals surface area contributed by atoms with Crippen LogP contribution in [0.4, 0.5) is 0 Å². The van der Waals surface area contributed by atoms with Gasteiger partial charge in [-0.05, 0) is 27.7 Å². The molecule has 138 valence electrons. The Labute approximate surface area is 146 Å². The quantitative estimate of drug-likeness (QED) is 0.381. The molecule has 3 N–H and O–H groups in total. The summed E-state index contributed by atoms with van der Waals surface area (Å²) in [6.07, 6.45) is -0.257. The second kappa shape index (κ2) is 9.41. The van der Waals surface area contributed by atoms with Crippen LogP contribution in [0.2, 0.25) is 0 Å². The SMILES string of the molecule is CCO[P@@](=O)(N[C@@H](C)C(=O)OC(C)C)SCCN1CC(=O)NC1=N. The van der Waals surface area contributed by atoms with Crippen molar-refractivity contribution in [3.63, 3.8) is 0 Å². The smallest absolute Gasteiger partial charge is 0.327 e. The van der Waals surface area contributed by atoms with Crippen molar-refractivity contribution >= 4 is 35.9 Å². The molecule has 11 heteroatoms. The molecule has 0 unspecified atom stereocenters. The summed E-state index contributed by atoms with van der Waals surface area (Å²) >= 11 is 1.04. The molecule has 1 aliphatic rings. The molecule has 1 saturated heterocycles. The maximum Gasteiger partial charge on any atom is 0.327 e. The van der Waals surface area contributed by atoms with Crippen molar-refractivity contribution in [1.82, 2.24) is 15.3 Å². The molecule has 1 heterocycles. The lowest BCUT2D eigenvalue weighted by atomic mass is 10.4. The average molecular weight is 380 g/mol. The molecule has 0 aromatic rings. The van der Waals surface area contributed by atoms with Crippen LogP contribution in [0, 0.1) is 5.41 Å². The lowest BCUT2D eigenvalue weighted by Crippen LogP contribution is -2.35. The van der Waals surface area contributed by atoms with Gasteiger partial charge in [-0.3, -0.25) is 24.9 Å². The van der Waals surface area contributed by atoms with Crippen LogP contribution >= 0.6 is 18.1 Å². The van der Waals surface area contributed by atoms with Gasteiger partial charge in [0.2, 0.25) is 5.91 Å². The molecular formula is C13H25N4O5PS. The highest BCUT2D eigenvalue weighted by molar-refractivity contribution is 8.56. The van der Waals surface area contributed by atoms with E-state index in [-0.39, 0.29) is 31.1 Å². The first-order valence-corrected chi connectivity index (χ1v) is 10.9. The lowest BCUT2D eigenvalue weighted by molar-refractivity contribution is -0.149. The van der Waals surface area contributed by atoms with Gasteiger partial charge in [0.05, 0.1) is 12.7 Å². The highest BCUT2D eigenvalue weighted by atomic mass is 32.7. The normalized spacial score (nSPS) is 18.5. The van der Waals surface area contributed by atoms with Crippen molar-refractivity contribution in [3.05, 3.63) is 0 Å². The molecule has 0 spiro atoms. The predicted molar refractivity (Wildman–Crippen MR) is 93.0 cm³/mol. The minimum absolute atomic E-state index is 0.0358. The molecule has 9 nitrogen and oxygen atoms in total. The van der Waals surface area contributed by atoms with E-state index < -0.39 is 18.7 Å². The molecule has 0 aromatic heterocycles. The highest BCUT2D eigenvalue weighted by Crippen LogP contribution is 2.56. The Morgan fingerprint density at radius 3 is 2.67 bits per heavy atom. The fourth-order valence-electron chi connectivity index (χ4n) is 1.87. The number of hydrogen-bond acceptors (Lipinski definition) is 7. The monoisotopic (exact) mass is 380 g/mol. The molecule has 0 bridgehead atoms. The molecule has 0 aliphatic carbocycles. The second-order valence-corrected chi connectivity index (χ2v) is 9.80. The van der Waals surface area contributed by atoms with E-state index in [1.54, 1.807) is 32.6 Å². The number of amides is 1. The Morgan fingerprint density at radius 1 is 1.50 bits per heavy atom. The minimum atomic E-state index is -3.30. The number of rotatable bonds is 10. The van der Waals surface area contributed by atoms with Gasteiger partial charge in [0.25, 0.3) is 0 Å². The van der Waals surface area contributed by atoms with Crippen LogP contribution in [0.15, 0.2) is 0 Å². The third kappa shape index (κ3) is 6.80. The maximum absolute atomic E-state index is 12.8. The molecule has 24 heavy (non-hydrogen) atoms. The second-order valence-electron chi connectivity index (χ2n) is 5.40. The molecule has 2 atom stereocenters. The summed E-state index contributed by atoms with van der Waals surface area (Å²) in [5.74, 6) is -0.329. The van der Waals surface area contributed by atoms with Gasteiger partial charge < -0.3 is 14.2 Å². The Morgan fingerprint density at radius 2 is 2.17 bits per heavy atom. The third-order valence-electron chi connectivity index (χ3n) is 2.89. The Balaban J connectivity index is 2.54. The van der Waals surface area contributed by atoms with Crippen LogP contribution in [0.1, 0.15) is 27.7 Å². The van der Waals surface area contributed by atoms with E-state index in [9.17, 15) is 14.2 Å². The predicted octanol–water partition coefficient (Wildman–Crippen LogP) is 1.16. The summed E-state index contributed by atoms with van der Waals surface area (Å²) in [7, 11) is 0. The van der Waals surface area contributed by atoms with Gasteiger partial charge in [-0.25, -0.2) is 5.09 Å². The first-order chi connectivity index (χ1) is 11.2. The maximum atomic E-state index is 12.8. The van der Waals surface area contributed by atoms with E-state index in [1.165, 1.54) is 0 Å². The van der Waals surface area contributed by atoms with Crippen molar-refractivity contribution in [1.29, 1.82) is 5.41 Å². The minimum Gasteiger partial charge on any atom is -0.462 e. The summed E-state index contributed by atoms with van der Waals surface area (Å²) < 4.78 is 23.2. The number of nitrogens with one attached hydrogen (secondary N) is 3. The van der Waals surface area contributed by atoms with Crippen LogP contribution in [0.25, 0.3) is 0 Å². The topological polar surface area (TPSA) is 121 Å². The Hall–Kier alpha value is -1.09. The lowest BCUT2D eigenvalue weighted by Gasteiger charge is -2.23. The number of guanidine groups is 1. The van der Waals surface area contributed by atoms with E-state index in [4.69, 9.17) is 14.7 Å². The van der Waals surface area contributed by atoms with Crippen LogP contribution in [0.3, 0.4) is 0 Å². The molecule has 1 rings (SSSR count). The zero-order valence-electron chi connectivity index (χ0n) is 14.3. The summed E-state index contributed by atoms with van der Waals surface area (Å²) in [5, 5.41) is 12.7. The molecular weight excluding hydrogens is 355 g/mol. The van der Waals surface area contributed by atoms with Crippen molar-refractivity contribution < 1.29 is 23.4 Å². The number of nitrogens with zero attached hydrogens (tertiary/aromatic N) is 1. The largest absolute Gasteiger partial charge is 0.462 e. The van der Waals surface area contributed by atoms with Gasteiger partial charge in [-0.2, -0.15) is 0 Å². The number of esters is 1. The van der Waals surface area contributed by atoms with E-state index >= 15 is 0 Å². The van der Waals surface area contributed by atoms with Crippen molar-refractivity contribution in [3.8, 4) is 0 Å². The molecule has 0 aromatic carbocycles. The molecule has 1 aliphatic heterocycles. The van der Waals surface area contributed by atoms with Crippen LogP contribution < -0.4 is 10.4 Å². The first-order valence-electron chi connectivity index (χ1n) is 7.67. The molecule has 0 radical (unpaired) electrons. The van der Waals surface area contributed by atoms with Gasteiger partial charge in [-0.15, -0.1) is 0 Å². The molecule has 0 saturated carbocycles. The standard InChI is InChI=1S/C13H25N4O5PS/c1-5-21-23(20,16-10(4)12(19)22-9(2)3)24-7-6-17-8-11(18)15-13(17)14/h9-10H,5-8H2,1-4H3,(H,16,20)(H2,14,15,18)/t10-,23-/m0/s1. The Bertz CT molecular complexity index is 530. The van der Waals surface area contributed by atoms with Crippen LogP contribution in [0.5, 0.6) is 0 Å². The van der Waals surface area contributed by atoms with Crippen molar-refractivity contribution in [2.45, 2.75) is 39.8 Å². The first kappa shape index (κ1) is 21.0. The average Bonchev–Trinajstić information content (AvgIpc) is 2.76. The fourth-order valence-corrected chi connectivity index (χ4v) is 5.76. The molecule has 1 fully saturated rings. The van der Waals surface area contributed by atoms with Crippen LogP contribution in [-0.4, -0.2) is 60.3 Å².